The first-order valence-corrected chi connectivity index (χ1v) is 16.3. The first-order valence-electron chi connectivity index (χ1n) is 14.7. The lowest BCUT2D eigenvalue weighted by Gasteiger charge is -2.35. The highest BCUT2D eigenvalue weighted by atomic mass is 32.2. The fourth-order valence-electron chi connectivity index (χ4n) is 6.00. The van der Waals surface area contributed by atoms with Gasteiger partial charge in [-0.15, -0.1) is 0 Å². The van der Waals surface area contributed by atoms with E-state index < -0.39 is 44.7 Å². The molecule has 0 aromatic carbocycles. The van der Waals surface area contributed by atoms with Crippen LogP contribution in [0.25, 0.3) is 0 Å². The molecule has 12 nitrogen and oxygen atoms in total. The van der Waals surface area contributed by atoms with Gasteiger partial charge in [0.05, 0.1) is 5.25 Å². The summed E-state index contributed by atoms with van der Waals surface area (Å²) in [6, 6.07) is -1.65. The Morgan fingerprint density at radius 2 is 1.76 bits per heavy atom. The van der Waals surface area contributed by atoms with E-state index in [9.17, 15) is 32.4 Å². The summed E-state index contributed by atoms with van der Waals surface area (Å²) in [4.78, 5) is 67.9. The Morgan fingerprint density at radius 3 is 2.41 bits per heavy atom. The zero-order valence-electron chi connectivity index (χ0n) is 23.2. The Labute approximate surface area is 240 Å². The second-order valence-corrected chi connectivity index (χ2v) is 13.7. The van der Waals surface area contributed by atoms with Gasteiger partial charge in [0.1, 0.15) is 29.0 Å². The highest BCUT2D eigenvalue weighted by Crippen LogP contribution is 2.46. The maximum Gasteiger partial charge on any atom is 0.259 e. The number of hydrogen-bond acceptors (Lipinski definition) is 9. The van der Waals surface area contributed by atoms with E-state index in [-0.39, 0.29) is 29.6 Å². The summed E-state index contributed by atoms with van der Waals surface area (Å²) in [7, 11) is -3.80. The summed E-state index contributed by atoms with van der Waals surface area (Å²) < 4.78 is 27.2. The largest absolute Gasteiger partial charge is 0.369 e. The van der Waals surface area contributed by atoms with Crippen LogP contribution in [0.4, 0.5) is 0 Å². The summed E-state index contributed by atoms with van der Waals surface area (Å²) in [5.41, 5.74) is -1.09. The van der Waals surface area contributed by atoms with Gasteiger partial charge in [-0.05, 0) is 57.8 Å². The third kappa shape index (κ3) is 6.19. The molecule has 3 amide bonds. The monoisotopic (exact) mass is 589 g/mol. The smallest absolute Gasteiger partial charge is 0.259 e. The van der Waals surface area contributed by atoms with Crippen molar-refractivity contribution in [3.05, 3.63) is 23.5 Å². The van der Waals surface area contributed by atoms with Crippen molar-refractivity contribution in [3.63, 3.8) is 0 Å². The number of aldehydes is 2. The molecule has 5 aliphatic rings. The predicted octanol–water partition coefficient (Wildman–Crippen LogP) is 0.254. The Morgan fingerprint density at radius 1 is 0.976 bits per heavy atom. The highest BCUT2D eigenvalue weighted by molar-refractivity contribution is 7.91. The van der Waals surface area contributed by atoms with Crippen molar-refractivity contribution in [2.24, 2.45) is 5.92 Å². The van der Waals surface area contributed by atoms with Gasteiger partial charge in [0.15, 0.2) is 12.6 Å². The van der Waals surface area contributed by atoms with Crippen molar-refractivity contribution >= 4 is 40.3 Å². The number of hydrogen-bond donors (Lipinski definition) is 3. The van der Waals surface area contributed by atoms with Crippen molar-refractivity contribution in [1.82, 2.24) is 25.2 Å². The lowest BCUT2D eigenvalue weighted by Crippen LogP contribution is -2.58. The van der Waals surface area contributed by atoms with Gasteiger partial charge in [0, 0.05) is 25.6 Å². The number of sulfonamides is 1. The average molecular weight is 590 g/mol. The maximum absolute atomic E-state index is 13.9. The van der Waals surface area contributed by atoms with Crippen LogP contribution in [0.2, 0.25) is 0 Å². The average Bonchev–Trinajstić information content (AvgIpc) is 3.83. The highest BCUT2D eigenvalue weighted by Gasteiger charge is 2.61. The minimum Gasteiger partial charge on any atom is -0.369 e. The SMILES string of the molecule is O=C/C(N[C@H]1CCCCC/C=C\[C@@H]2C[C@@]2(C(=O)NS(=O)(=O)C2CC2)NC(=O)[C@@H]2CCCN2C1=O)=C(\C=O)N1CCC1. The molecule has 0 unspecified atom stereocenters. The van der Waals surface area contributed by atoms with Crippen LogP contribution in [0.1, 0.15) is 70.6 Å². The van der Waals surface area contributed by atoms with Crippen molar-refractivity contribution in [2.45, 2.75) is 93.5 Å². The molecule has 2 saturated carbocycles. The lowest BCUT2D eigenvalue weighted by atomic mass is 10.0. The lowest BCUT2D eigenvalue weighted by molar-refractivity contribution is -0.141. The van der Waals surface area contributed by atoms with Crippen molar-refractivity contribution in [1.29, 1.82) is 0 Å². The van der Waals surface area contributed by atoms with Gasteiger partial charge < -0.3 is 20.4 Å². The molecule has 224 valence electrons. The van der Waals surface area contributed by atoms with Crippen molar-refractivity contribution < 1.29 is 32.4 Å². The number of allylic oxidation sites excluding steroid dienone is 3. The van der Waals surface area contributed by atoms with Gasteiger partial charge in [-0.2, -0.15) is 0 Å². The molecule has 0 aromatic rings. The third-order valence-electron chi connectivity index (χ3n) is 8.86. The Kier molecular flexibility index (Phi) is 8.53. The molecule has 0 bridgehead atoms. The summed E-state index contributed by atoms with van der Waals surface area (Å²) in [5, 5.41) is 5.29. The van der Waals surface area contributed by atoms with E-state index in [1.807, 2.05) is 12.2 Å². The Hall–Kier alpha value is -3.22. The predicted molar refractivity (Wildman–Crippen MR) is 148 cm³/mol. The maximum atomic E-state index is 13.9. The number of amides is 3. The number of likely N-dealkylation sites (tertiary alicyclic amines) is 1. The third-order valence-corrected chi connectivity index (χ3v) is 10.7. The number of nitrogens with one attached hydrogen (secondary N) is 3. The zero-order valence-corrected chi connectivity index (χ0v) is 24.0. The minimum atomic E-state index is -3.80. The second kappa shape index (κ2) is 11.9. The zero-order chi connectivity index (χ0) is 29.2. The van der Waals surface area contributed by atoms with Crippen LogP contribution in [0.5, 0.6) is 0 Å². The van der Waals surface area contributed by atoms with Crippen LogP contribution in [0.3, 0.4) is 0 Å². The van der Waals surface area contributed by atoms with Crippen LogP contribution >= 0.6 is 0 Å². The summed E-state index contributed by atoms with van der Waals surface area (Å²) in [5.74, 6) is -1.92. The van der Waals surface area contributed by atoms with E-state index in [2.05, 4.69) is 15.4 Å². The fraction of sp³-hybridized carbons (Fsp3) is 0.679. The molecule has 3 N–H and O–H groups in total. The molecule has 2 saturated heterocycles. The van der Waals surface area contributed by atoms with Crippen LogP contribution in [0.15, 0.2) is 23.5 Å². The summed E-state index contributed by atoms with van der Waals surface area (Å²) in [6.07, 6.45) is 11.7. The number of fused-ring (bicyclic) bond motifs is 2. The van der Waals surface area contributed by atoms with Crippen LogP contribution in [-0.2, 0) is 34.0 Å². The normalized spacial score (nSPS) is 32.0. The fourth-order valence-corrected chi connectivity index (χ4v) is 7.36. The minimum absolute atomic E-state index is 0.0624. The molecular formula is C28H39N5O7S. The number of carbonyl (C=O) groups is 5. The molecule has 13 heteroatoms. The summed E-state index contributed by atoms with van der Waals surface area (Å²) >= 11 is 0. The van der Waals surface area contributed by atoms with Gasteiger partial charge in [-0.25, -0.2) is 8.42 Å². The molecule has 0 radical (unpaired) electrons. The van der Waals surface area contributed by atoms with Crippen molar-refractivity contribution in [2.75, 3.05) is 19.6 Å². The van der Waals surface area contributed by atoms with E-state index in [0.717, 1.165) is 25.7 Å². The van der Waals surface area contributed by atoms with E-state index >= 15 is 0 Å². The standard InChI is InChI=1S/C28H39N5O7S/c34-17-22(24(18-35)32-13-7-14-32)29-21-9-5-3-1-2-4-8-19-16-28(19,27(38)31-41(39,40)20-11-12-20)30-25(36)23-10-6-15-33(23)26(21)37/h4,8,17-21,23,29H,1-3,5-7,9-16H2,(H,30,36)(H,31,38)/b8-4-,24-22-/t19-,21+,23+,28-/m1/s1. The molecule has 4 atom stereocenters. The van der Waals surface area contributed by atoms with E-state index in [0.29, 0.717) is 70.7 Å². The molecule has 5 rings (SSSR count). The van der Waals surface area contributed by atoms with E-state index in [4.69, 9.17) is 0 Å². The Balaban J connectivity index is 1.38. The van der Waals surface area contributed by atoms with Gasteiger partial charge in [0.25, 0.3) is 5.91 Å². The topological polar surface area (TPSA) is 162 Å². The second-order valence-electron chi connectivity index (χ2n) is 11.8. The molecule has 41 heavy (non-hydrogen) atoms. The quantitative estimate of drug-likeness (QED) is 0.205. The van der Waals surface area contributed by atoms with Gasteiger partial charge in [0.2, 0.25) is 21.8 Å². The molecule has 2 aliphatic carbocycles. The molecule has 3 heterocycles. The molecule has 4 fully saturated rings. The van der Waals surface area contributed by atoms with Gasteiger partial charge in [-0.1, -0.05) is 25.0 Å². The first kappa shape index (κ1) is 29.3. The molecule has 3 aliphatic heterocycles. The number of rotatable bonds is 8. The van der Waals surface area contributed by atoms with Crippen LogP contribution in [-0.4, -0.2) is 91.0 Å². The van der Waals surface area contributed by atoms with Gasteiger partial charge in [-0.3, -0.25) is 28.7 Å². The van der Waals surface area contributed by atoms with E-state index in [1.165, 1.54) is 4.90 Å². The number of nitrogens with zero attached hydrogens (tertiary/aromatic N) is 2. The van der Waals surface area contributed by atoms with E-state index in [1.54, 1.807) is 4.90 Å². The van der Waals surface area contributed by atoms with Gasteiger partial charge >= 0.3 is 0 Å². The van der Waals surface area contributed by atoms with Crippen LogP contribution < -0.4 is 15.4 Å². The Bertz CT molecular complexity index is 1260. The summed E-state index contributed by atoms with van der Waals surface area (Å²) in [6.45, 7) is 1.65. The number of carbonyl (C=O) groups excluding carboxylic acids is 5. The molecule has 0 aromatic heterocycles. The van der Waals surface area contributed by atoms with Crippen LogP contribution in [0, 0.1) is 5.92 Å². The molecule has 0 spiro atoms. The first-order chi connectivity index (χ1) is 19.7. The molecular weight excluding hydrogens is 550 g/mol. The van der Waals surface area contributed by atoms with Crippen molar-refractivity contribution in [3.8, 4) is 0 Å².